The number of rotatable bonds is 7. The molecule has 0 aliphatic rings. The Hall–Kier alpha value is -2.15. The van der Waals surface area contributed by atoms with Gasteiger partial charge < -0.3 is 15.3 Å². The van der Waals surface area contributed by atoms with Gasteiger partial charge in [-0.2, -0.15) is 0 Å². The number of thiazole rings is 1. The number of carbonyl (C=O) groups excluding carboxylic acids is 1. The molecule has 0 bridgehead atoms. The zero-order valence-corrected chi connectivity index (χ0v) is 10.5. The zero-order valence-electron chi connectivity index (χ0n) is 9.67. The van der Waals surface area contributed by atoms with Gasteiger partial charge in [0.15, 0.2) is 5.13 Å². The highest BCUT2D eigenvalue weighted by Crippen LogP contribution is 2.13. The predicted molar refractivity (Wildman–Crippen MR) is 70.4 cm³/mol. The van der Waals surface area contributed by atoms with Crippen LogP contribution in [0.5, 0.6) is 0 Å². The van der Waals surface area contributed by atoms with E-state index in [9.17, 15) is 4.79 Å². The number of oxime groups is 1. The average molecular weight is 267 g/mol. The van der Waals surface area contributed by atoms with Crippen molar-refractivity contribution in [3.63, 3.8) is 0 Å². The third-order valence-electron chi connectivity index (χ3n) is 1.64. The zero-order chi connectivity index (χ0) is 13.4. The highest BCUT2D eigenvalue weighted by atomic mass is 32.1. The molecule has 7 heteroatoms. The van der Waals surface area contributed by atoms with Gasteiger partial charge in [0.05, 0.1) is 0 Å². The Morgan fingerprint density at radius 2 is 2.22 bits per heavy atom. The molecule has 0 aromatic carbocycles. The molecule has 0 unspecified atom stereocenters. The van der Waals surface area contributed by atoms with Gasteiger partial charge >= 0.3 is 5.97 Å². The number of nitrogens with zero attached hydrogens (tertiary/aromatic N) is 2. The number of hydrogen-bond acceptors (Lipinski definition) is 7. The van der Waals surface area contributed by atoms with Gasteiger partial charge in [-0.15, -0.1) is 11.3 Å². The molecule has 2 N–H and O–H groups in total. The maximum atomic E-state index is 11.7. The number of carbonyl (C=O) groups is 1. The summed E-state index contributed by atoms with van der Waals surface area (Å²) in [6.07, 6.45) is 2.96. The summed E-state index contributed by atoms with van der Waals surface area (Å²) in [5, 5.41) is 5.60. The molecule has 0 aliphatic heterocycles. The Labute approximate surface area is 108 Å². The maximum absolute atomic E-state index is 11.7. The summed E-state index contributed by atoms with van der Waals surface area (Å²) < 4.78 is 4.88. The number of hydrogen-bond donors (Lipinski definition) is 1. The normalized spacial score (nSPS) is 10.8. The van der Waals surface area contributed by atoms with Gasteiger partial charge in [0.25, 0.3) is 0 Å². The summed E-state index contributed by atoms with van der Waals surface area (Å²) in [5.41, 5.74) is 5.78. The van der Waals surface area contributed by atoms with Crippen LogP contribution in [0.2, 0.25) is 0 Å². The lowest BCUT2D eigenvalue weighted by molar-refractivity contribution is -0.134. The molecule has 0 saturated carbocycles. The largest absolute Gasteiger partial charge is 0.457 e. The number of nitrogens with two attached hydrogens (primary N) is 1. The molecule has 96 valence electrons. The molecule has 1 aromatic heterocycles. The molecule has 1 aromatic rings. The standard InChI is InChI=1S/C11H13N3O3S/c1-3-5-16-10(15)9(14-17-6-4-2)8-7-18-11(12)13-8/h3-4,7H,1-2,5-6H2,(H2,12,13)/b14-9+. The van der Waals surface area contributed by atoms with E-state index in [1.54, 1.807) is 5.38 Å². The molecular formula is C11H13N3O3S. The van der Waals surface area contributed by atoms with E-state index in [4.69, 9.17) is 15.3 Å². The SMILES string of the molecule is C=CCO/N=C(/C(=O)OCC=C)c1csc(N)n1. The maximum Gasteiger partial charge on any atom is 0.363 e. The van der Waals surface area contributed by atoms with Gasteiger partial charge in [-0.1, -0.05) is 30.5 Å². The van der Waals surface area contributed by atoms with E-state index >= 15 is 0 Å². The van der Waals surface area contributed by atoms with Crippen LogP contribution in [0.3, 0.4) is 0 Å². The quantitative estimate of drug-likeness (QED) is 0.265. The molecule has 0 spiro atoms. The molecule has 6 nitrogen and oxygen atoms in total. The van der Waals surface area contributed by atoms with Crippen molar-refractivity contribution in [3.05, 3.63) is 36.4 Å². The summed E-state index contributed by atoms with van der Waals surface area (Å²) in [6, 6.07) is 0. The average Bonchev–Trinajstić information content (AvgIpc) is 2.78. The molecular weight excluding hydrogens is 254 g/mol. The molecule has 0 aliphatic carbocycles. The first-order valence-electron chi connectivity index (χ1n) is 4.99. The first-order chi connectivity index (χ1) is 8.69. The number of nitrogen functional groups attached to an aromatic ring is 1. The monoisotopic (exact) mass is 267 g/mol. The van der Waals surface area contributed by atoms with Gasteiger partial charge in [0, 0.05) is 5.38 Å². The van der Waals surface area contributed by atoms with E-state index in [1.807, 2.05) is 0 Å². The van der Waals surface area contributed by atoms with Crippen molar-refractivity contribution < 1.29 is 14.4 Å². The molecule has 0 fully saturated rings. The molecule has 0 amide bonds. The number of aromatic nitrogens is 1. The number of esters is 1. The van der Waals surface area contributed by atoms with Gasteiger partial charge in [0.1, 0.15) is 18.9 Å². The van der Waals surface area contributed by atoms with Gasteiger partial charge in [-0.3, -0.25) is 0 Å². The van der Waals surface area contributed by atoms with Crippen molar-refractivity contribution >= 4 is 28.1 Å². The fourth-order valence-corrected chi connectivity index (χ4v) is 1.49. The van der Waals surface area contributed by atoms with Crippen LogP contribution < -0.4 is 5.73 Å². The van der Waals surface area contributed by atoms with Crippen LogP contribution >= 0.6 is 11.3 Å². The van der Waals surface area contributed by atoms with Crippen molar-refractivity contribution in [1.29, 1.82) is 0 Å². The smallest absolute Gasteiger partial charge is 0.363 e. The Balaban J connectivity index is 2.87. The fourth-order valence-electron chi connectivity index (χ4n) is 0.942. The summed E-state index contributed by atoms with van der Waals surface area (Å²) in [6.45, 7) is 7.18. The summed E-state index contributed by atoms with van der Waals surface area (Å²) >= 11 is 1.20. The minimum absolute atomic E-state index is 0.0355. The van der Waals surface area contributed by atoms with E-state index in [0.717, 1.165) is 0 Å². The van der Waals surface area contributed by atoms with E-state index in [-0.39, 0.29) is 18.9 Å². The molecule has 0 atom stereocenters. The minimum atomic E-state index is -0.649. The fraction of sp³-hybridized carbons (Fsp3) is 0.182. The van der Waals surface area contributed by atoms with Crippen molar-refractivity contribution in [2.45, 2.75) is 0 Å². The molecule has 18 heavy (non-hydrogen) atoms. The first-order valence-corrected chi connectivity index (χ1v) is 5.87. The molecule has 1 heterocycles. The highest BCUT2D eigenvalue weighted by molar-refractivity contribution is 7.13. The van der Waals surface area contributed by atoms with E-state index in [0.29, 0.717) is 10.8 Å². The minimum Gasteiger partial charge on any atom is -0.457 e. The second kappa shape index (κ2) is 7.23. The van der Waals surface area contributed by atoms with Crippen LogP contribution in [0.15, 0.2) is 35.8 Å². The van der Waals surface area contributed by atoms with E-state index in [1.165, 1.54) is 23.5 Å². The molecule has 0 radical (unpaired) electrons. The summed E-state index contributed by atoms with van der Waals surface area (Å²) in [4.78, 5) is 20.6. The topological polar surface area (TPSA) is 86.8 Å². The van der Waals surface area contributed by atoms with Gasteiger partial charge in [-0.05, 0) is 0 Å². The lowest BCUT2D eigenvalue weighted by atomic mass is 10.3. The van der Waals surface area contributed by atoms with Crippen LogP contribution in [0, 0.1) is 0 Å². The van der Waals surface area contributed by atoms with Crippen LogP contribution in [0.1, 0.15) is 5.69 Å². The van der Waals surface area contributed by atoms with Gasteiger partial charge in [0.2, 0.25) is 5.71 Å². The van der Waals surface area contributed by atoms with Crippen LogP contribution in [-0.2, 0) is 14.4 Å². The summed E-state index contributed by atoms with van der Waals surface area (Å²) in [7, 11) is 0. The molecule has 1 rings (SSSR count). The van der Waals surface area contributed by atoms with Gasteiger partial charge in [-0.25, -0.2) is 9.78 Å². The lowest BCUT2D eigenvalue weighted by Crippen LogP contribution is -2.20. The van der Waals surface area contributed by atoms with E-state index in [2.05, 4.69) is 23.3 Å². The molecule has 0 saturated heterocycles. The van der Waals surface area contributed by atoms with Crippen LogP contribution in [0.4, 0.5) is 5.13 Å². The Kier molecular flexibility index (Phi) is 5.59. The highest BCUT2D eigenvalue weighted by Gasteiger charge is 2.19. The second-order valence-corrected chi connectivity index (χ2v) is 3.87. The number of anilines is 1. The van der Waals surface area contributed by atoms with Crippen LogP contribution in [-0.4, -0.2) is 29.9 Å². The first kappa shape index (κ1) is 13.9. The Morgan fingerprint density at radius 3 is 2.78 bits per heavy atom. The Bertz CT molecular complexity index is 468. The van der Waals surface area contributed by atoms with E-state index < -0.39 is 5.97 Å². The summed E-state index contributed by atoms with van der Waals surface area (Å²) in [5.74, 6) is -0.649. The van der Waals surface area contributed by atoms with Crippen LogP contribution in [0.25, 0.3) is 0 Å². The number of ether oxygens (including phenoxy) is 1. The third-order valence-corrected chi connectivity index (χ3v) is 2.31. The van der Waals surface area contributed by atoms with Crippen molar-refractivity contribution in [1.82, 2.24) is 4.98 Å². The predicted octanol–water partition coefficient (Wildman–Crippen LogP) is 1.36. The van der Waals surface area contributed by atoms with Crippen molar-refractivity contribution in [2.24, 2.45) is 5.16 Å². The Morgan fingerprint density at radius 1 is 1.50 bits per heavy atom. The lowest BCUT2D eigenvalue weighted by Gasteiger charge is -2.03. The third kappa shape index (κ3) is 4.02. The second-order valence-electron chi connectivity index (χ2n) is 2.98. The van der Waals surface area contributed by atoms with Crippen molar-refractivity contribution in [2.75, 3.05) is 18.9 Å². The van der Waals surface area contributed by atoms with Crippen molar-refractivity contribution in [3.8, 4) is 0 Å².